The average Bonchev–Trinajstić information content (AvgIpc) is 2.30. The molecule has 0 aliphatic carbocycles. The van der Waals surface area contributed by atoms with E-state index in [1.807, 2.05) is 18.2 Å². The SMILES string of the molecule is CC(N)=C(C=N)c1ccc2nccc(N)c2c1. The van der Waals surface area contributed by atoms with Gasteiger partial charge in [-0.2, -0.15) is 0 Å². The Morgan fingerprint density at radius 1 is 1.35 bits per heavy atom. The molecule has 2 rings (SSSR count). The summed E-state index contributed by atoms with van der Waals surface area (Å²) in [7, 11) is 0. The average molecular weight is 226 g/mol. The normalized spacial score (nSPS) is 12.3. The predicted octanol–water partition coefficient (Wildman–Crippen LogP) is 2.16. The molecule has 0 unspecified atom stereocenters. The van der Waals surface area contributed by atoms with Crippen LogP contribution in [0.25, 0.3) is 16.5 Å². The lowest BCUT2D eigenvalue weighted by Gasteiger charge is -2.07. The van der Waals surface area contributed by atoms with Crippen LogP contribution in [0.5, 0.6) is 0 Å². The fourth-order valence-corrected chi connectivity index (χ4v) is 1.76. The quantitative estimate of drug-likeness (QED) is 0.685. The summed E-state index contributed by atoms with van der Waals surface area (Å²) in [5, 5.41) is 8.26. The summed E-state index contributed by atoms with van der Waals surface area (Å²) in [4.78, 5) is 4.23. The van der Waals surface area contributed by atoms with E-state index in [0.29, 0.717) is 17.0 Å². The van der Waals surface area contributed by atoms with Crippen LogP contribution in [-0.2, 0) is 0 Å². The Morgan fingerprint density at radius 2 is 2.12 bits per heavy atom. The molecule has 1 aromatic heterocycles. The molecule has 0 saturated carbocycles. The van der Waals surface area contributed by atoms with E-state index in [1.165, 1.54) is 6.21 Å². The number of fused-ring (bicyclic) bond motifs is 1. The Kier molecular flexibility index (Phi) is 2.78. The molecule has 0 aliphatic rings. The molecule has 0 saturated heterocycles. The zero-order chi connectivity index (χ0) is 12.4. The van der Waals surface area contributed by atoms with E-state index in [0.717, 1.165) is 16.5 Å². The molecule has 0 spiro atoms. The molecule has 0 aliphatic heterocycles. The summed E-state index contributed by atoms with van der Waals surface area (Å²) >= 11 is 0. The molecule has 17 heavy (non-hydrogen) atoms. The molecule has 5 N–H and O–H groups in total. The van der Waals surface area contributed by atoms with Gasteiger partial charge in [-0.1, -0.05) is 6.07 Å². The number of nitrogens with zero attached hydrogens (tertiary/aromatic N) is 1. The number of benzene rings is 1. The monoisotopic (exact) mass is 226 g/mol. The van der Waals surface area contributed by atoms with Gasteiger partial charge in [-0.05, 0) is 30.7 Å². The van der Waals surface area contributed by atoms with E-state index >= 15 is 0 Å². The number of pyridine rings is 1. The first-order valence-electron chi connectivity index (χ1n) is 5.25. The Labute approximate surface area is 99.5 Å². The molecule has 0 atom stereocenters. The minimum absolute atomic E-state index is 0.613. The van der Waals surface area contributed by atoms with Crippen molar-refractivity contribution in [3.8, 4) is 0 Å². The second kappa shape index (κ2) is 4.25. The van der Waals surface area contributed by atoms with Gasteiger partial charge in [0.2, 0.25) is 0 Å². The van der Waals surface area contributed by atoms with Crippen LogP contribution in [0.15, 0.2) is 36.2 Å². The summed E-state index contributed by atoms with van der Waals surface area (Å²) in [6.07, 6.45) is 2.93. The molecule has 1 heterocycles. The number of aromatic nitrogens is 1. The third-order valence-corrected chi connectivity index (χ3v) is 2.66. The summed E-state index contributed by atoms with van der Waals surface area (Å²) < 4.78 is 0. The third kappa shape index (κ3) is 1.97. The molecule has 1 aromatic carbocycles. The minimum Gasteiger partial charge on any atom is -0.402 e. The smallest absolute Gasteiger partial charge is 0.0723 e. The number of nitrogen functional groups attached to an aromatic ring is 1. The topological polar surface area (TPSA) is 88.8 Å². The Bertz CT molecular complexity index is 610. The lowest BCUT2D eigenvalue weighted by molar-refractivity contribution is 1.33. The fraction of sp³-hybridized carbons (Fsp3) is 0.0769. The number of rotatable bonds is 2. The van der Waals surface area contributed by atoms with Gasteiger partial charge in [-0.15, -0.1) is 0 Å². The minimum atomic E-state index is 0.613. The van der Waals surface area contributed by atoms with Gasteiger partial charge in [0.05, 0.1) is 5.52 Å². The first-order valence-corrected chi connectivity index (χ1v) is 5.25. The van der Waals surface area contributed by atoms with Gasteiger partial charge in [-0.25, -0.2) is 0 Å². The van der Waals surface area contributed by atoms with Crippen molar-refractivity contribution in [3.63, 3.8) is 0 Å². The van der Waals surface area contributed by atoms with Crippen LogP contribution in [0.2, 0.25) is 0 Å². The number of hydrogen-bond donors (Lipinski definition) is 3. The molecule has 0 fully saturated rings. The number of hydrogen-bond acceptors (Lipinski definition) is 4. The van der Waals surface area contributed by atoms with Gasteiger partial charge in [-0.3, -0.25) is 4.98 Å². The number of anilines is 1. The van der Waals surface area contributed by atoms with Crippen molar-refractivity contribution in [2.45, 2.75) is 6.92 Å². The van der Waals surface area contributed by atoms with E-state index in [4.69, 9.17) is 16.9 Å². The highest BCUT2D eigenvalue weighted by Gasteiger charge is 2.05. The number of nitrogens with one attached hydrogen (secondary N) is 1. The molecule has 0 bridgehead atoms. The number of allylic oxidation sites excluding steroid dienone is 2. The van der Waals surface area contributed by atoms with Gasteiger partial charge in [0, 0.05) is 34.8 Å². The van der Waals surface area contributed by atoms with Crippen molar-refractivity contribution in [1.82, 2.24) is 4.98 Å². The number of nitrogens with two attached hydrogens (primary N) is 2. The van der Waals surface area contributed by atoms with Crippen LogP contribution in [-0.4, -0.2) is 11.2 Å². The molecule has 4 nitrogen and oxygen atoms in total. The van der Waals surface area contributed by atoms with Crippen LogP contribution in [0.3, 0.4) is 0 Å². The lowest BCUT2D eigenvalue weighted by atomic mass is 10.0. The first-order chi connectivity index (χ1) is 8.13. The van der Waals surface area contributed by atoms with Gasteiger partial charge >= 0.3 is 0 Å². The zero-order valence-corrected chi connectivity index (χ0v) is 9.57. The lowest BCUT2D eigenvalue weighted by Crippen LogP contribution is -1.99. The highest BCUT2D eigenvalue weighted by Crippen LogP contribution is 2.23. The maximum absolute atomic E-state index is 7.38. The highest BCUT2D eigenvalue weighted by molar-refractivity contribution is 6.10. The predicted molar refractivity (Wildman–Crippen MR) is 71.7 cm³/mol. The Morgan fingerprint density at radius 3 is 2.76 bits per heavy atom. The van der Waals surface area contributed by atoms with Crippen LogP contribution < -0.4 is 11.5 Å². The van der Waals surface area contributed by atoms with Gasteiger partial charge in [0.15, 0.2) is 0 Å². The third-order valence-electron chi connectivity index (χ3n) is 2.66. The largest absolute Gasteiger partial charge is 0.402 e. The molecular weight excluding hydrogens is 212 g/mol. The summed E-state index contributed by atoms with van der Waals surface area (Å²) in [5.74, 6) is 0. The maximum Gasteiger partial charge on any atom is 0.0723 e. The standard InChI is InChI=1S/C13H14N4/c1-8(15)11(7-14)9-2-3-13-10(6-9)12(16)4-5-17-13/h2-7,14H,15H2,1H3,(H2,16,17). The second-order valence-corrected chi connectivity index (χ2v) is 3.87. The van der Waals surface area contributed by atoms with Gasteiger partial charge in [0.25, 0.3) is 0 Å². The van der Waals surface area contributed by atoms with Crippen molar-refractivity contribution >= 4 is 28.4 Å². The van der Waals surface area contributed by atoms with Crippen LogP contribution in [0.4, 0.5) is 5.69 Å². The summed E-state index contributed by atoms with van der Waals surface area (Å²) in [5.41, 5.74) is 15.4. The highest BCUT2D eigenvalue weighted by atomic mass is 14.7. The second-order valence-electron chi connectivity index (χ2n) is 3.87. The van der Waals surface area contributed by atoms with Crippen molar-refractivity contribution in [3.05, 3.63) is 41.7 Å². The van der Waals surface area contributed by atoms with Crippen molar-refractivity contribution in [1.29, 1.82) is 5.41 Å². The van der Waals surface area contributed by atoms with Crippen molar-refractivity contribution in [2.24, 2.45) is 5.73 Å². The summed E-state index contributed by atoms with van der Waals surface area (Å²) in [6.45, 7) is 1.77. The van der Waals surface area contributed by atoms with Crippen molar-refractivity contribution in [2.75, 3.05) is 5.73 Å². The first kappa shape index (κ1) is 11.1. The van der Waals surface area contributed by atoms with Crippen LogP contribution >= 0.6 is 0 Å². The van der Waals surface area contributed by atoms with Crippen LogP contribution in [0, 0.1) is 5.41 Å². The van der Waals surface area contributed by atoms with Gasteiger partial charge < -0.3 is 16.9 Å². The molecule has 0 radical (unpaired) electrons. The maximum atomic E-state index is 7.38. The summed E-state index contributed by atoms with van der Waals surface area (Å²) in [6, 6.07) is 7.45. The molecular formula is C13H14N4. The Balaban J connectivity index is 2.70. The molecule has 0 amide bonds. The van der Waals surface area contributed by atoms with Crippen molar-refractivity contribution < 1.29 is 0 Å². The van der Waals surface area contributed by atoms with E-state index in [1.54, 1.807) is 19.2 Å². The van der Waals surface area contributed by atoms with E-state index in [9.17, 15) is 0 Å². The van der Waals surface area contributed by atoms with Crippen LogP contribution in [0.1, 0.15) is 12.5 Å². The Hall–Kier alpha value is -2.36. The molecule has 4 heteroatoms. The van der Waals surface area contributed by atoms with E-state index in [2.05, 4.69) is 4.98 Å². The fourth-order valence-electron chi connectivity index (χ4n) is 1.76. The molecule has 2 aromatic rings. The molecule has 86 valence electrons. The zero-order valence-electron chi connectivity index (χ0n) is 9.57. The van der Waals surface area contributed by atoms with E-state index < -0.39 is 0 Å². The van der Waals surface area contributed by atoms with E-state index in [-0.39, 0.29) is 0 Å². The van der Waals surface area contributed by atoms with Gasteiger partial charge in [0.1, 0.15) is 0 Å².